The van der Waals surface area contributed by atoms with Crippen molar-refractivity contribution in [1.82, 2.24) is 0 Å². The maximum Gasteiger partial charge on any atom is 0.266 e. The highest BCUT2D eigenvalue weighted by Gasteiger charge is 2.36. The van der Waals surface area contributed by atoms with E-state index < -0.39 is 0 Å². The maximum absolute atomic E-state index is 12.7. The van der Waals surface area contributed by atoms with Crippen molar-refractivity contribution in [1.29, 1.82) is 0 Å². The maximum atomic E-state index is 12.7. The van der Waals surface area contributed by atoms with E-state index in [4.69, 9.17) is 0 Å². The van der Waals surface area contributed by atoms with Crippen molar-refractivity contribution in [2.45, 2.75) is 11.8 Å². The second-order valence-electron chi connectivity index (χ2n) is 7.06. The van der Waals surface area contributed by atoms with Gasteiger partial charge in [0.05, 0.1) is 16.8 Å². The van der Waals surface area contributed by atoms with Crippen LogP contribution in [0.25, 0.3) is 0 Å². The minimum absolute atomic E-state index is 0.113. The van der Waals surface area contributed by atoms with Gasteiger partial charge in [0.15, 0.2) is 0 Å². The molecule has 0 fully saturated rings. The number of rotatable bonds is 6. The van der Waals surface area contributed by atoms with Gasteiger partial charge in [0.25, 0.3) is 11.8 Å². The van der Waals surface area contributed by atoms with Gasteiger partial charge in [0, 0.05) is 22.3 Å². The van der Waals surface area contributed by atoms with Gasteiger partial charge >= 0.3 is 0 Å². The van der Waals surface area contributed by atoms with E-state index in [2.05, 4.69) is 5.32 Å². The minimum Gasteiger partial charge on any atom is -0.326 e. The molecule has 0 saturated heterocycles. The number of nitrogens with zero attached hydrogens (tertiary/aromatic N) is 1. The summed E-state index contributed by atoms with van der Waals surface area (Å²) in [4.78, 5) is 40.2. The van der Waals surface area contributed by atoms with Gasteiger partial charge < -0.3 is 5.32 Å². The third kappa shape index (κ3) is 4.00. The van der Waals surface area contributed by atoms with Gasteiger partial charge in [0.1, 0.15) is 0 Å². The van der Waals surface area contributed by atoms with Crippen molar-refractivity contribution in [2.24, 2.45) is 5.92 Å². The molecule has 3 aromatic carbocycles. The average molecular weight is 417 g/mol. The van der Waals surface area contributed by atoms with Crippen molar-refractivity contribution >= 4 is 40.9 Å². The third-order valence-electron chi connectivity index (χ3n) is 4.86. The zero-order chi connectivity index (χ0) is 21.1. The molecule has 1 aliphatic heterocycles. The highest BCUT2D eigenvalue weighted by Crippen LogP contribution is 2.30. The summed E-state index contributed by atoms with van der Waals surface area (Å²) < 4.78 is 0. The predicted molar refractivity (Wildman–Crippen MR) is 119 cm³/mol. The molecule has 1 heterocycles. The second-order valence-corrected chi connectivity index (χ2v) is 8.15. The first-order valence-electron chi connectivity index (χ1n) is 9.61. The molecule has 0 saturated carbocycles. The summed E-state index contributed by atoms with van der Waals surface area (Å²) in [5.74, 6) is -0.386. The van der Waals surface area contributed by atoms with E-state index in [9.17, 15) is 14.4 Å². The Bertz CT molecular complexity index is 1080. The van der Waals surface area contributed by atoms with Crippen LogP contribution in [0.4, 0.5) is 11.4 Å². The second kappa shape index (κ2) is 8.55. The first-order valence-corrected chi connectivity index (χ1v) is 10.6. The van der Waals surface area contributed by atoms with Crippen molar-refractivity contribution in [3.63, 3.8) is 0 Å². The summed E-state index contributed by atoms with van der Waals surface area (Å²) in [6.45, 7) is 1.87. The highest BCUT2D eigenvalue weighted by atomic mass is 32.2. The topological polar surface area (TPSA) is 66.5 Å². The monoisotopic (exact) mass is 416 g/mol. The number of amides is 3. The molecular weight excluding hydrogens is 396 g/mol. The number of benzene rings is 3. The Labute approximate surface area is 179 Å². The Morgan fingerprint density at radius 3 is 2.20 bits per heavy atom. The molecule has 1 N–H and O–H groups in total. The SMILES string of the molecule is CC(CSc1ccccc1)C(=O)Nc1cccc(N2C(=O)c3ccccc3C2=O)c1. The summed E-state index contributed by atoms with van der Waals surface area (Å²) >= 11 is 1.63. The Kier molecular flexibility index (Phi) is 5.68. The van der Waals surface area contributed by atoms with E-state index in [0.717, 1.165) is 9.80 Å². The number of fused-ring (bicyclic) bond motifs is 1. The van der Waals surface area contributed by atoms with E-state index in [1.165, 1.54) is 0 Å². The normalized spacial score (nSPS) is 13.8. The van der Waals surface area contributed by atoms with Gasteiger partial charge in [-0.2, -0.15) is 0 Å². The molecule has 3 aromatic rings. The van der Waals surface area contributed by atoms with Crippen LogP contribution in [0.5, 0.6) is 0 Å². The molecule has 1 atom stereocenters. The van der Waals surface area contributed by atoms with Gasteiger partial charge in [-0.15, -0.1) is 11.8 Å². The molecule has 0 bridgehead atoms. The molecule has 30 heavy (non-hydrogen) atoms. The van der Waals surface area contributed by atoms with Crippen LogP contribution < -0.4 is 10.2 Å². The molecule has 0 radical (unpaired) electrons. The summed E-state index contributed by atoms with van der Waals surface area (Å²) in [6, 6.07) is 23.5. The van der Waals surface area contributed by atoms with Crippen LogP contribution in [0.1, 0.15) is 27.6 Å². The number of hydrogen-bond donors (Lipinski definition) is 1. The van der Waals surface area contributed by atoms with E-state index in [0.29, 0.717) is 28.3 Å². The predicted octanol–water partition coefficient (Wildman–Crippen LogP) is 4.85. The van der Waals surface area contributed by atoms with Crippen molar-refractivity contribution in [3.05, 3.63) is 90.0 Å². The molecule has 1 aliphatic rings. The Hall–Kier alpha value is -3.38. The summed E-state index contributed by atoms with van der Waals surface area (Å²) in [7, 11) is 0. The van der Waals surface area contributed by atoms with Crippen LogP contribution in [0.2, 0.25) is 0 Å². The van der Waals surface area contributed by atoms with E-state index >= 15 is 0 Å². The Balaban J connectivity index is 1.44. The van der Waals surface area contributed by atoms with E-state index in [1.54, 1.807) is 60.3 Å². The fraction of sp³-hybridized carbons (Fsp3) is 0.125. The zero-order valence-electron chi connectivity index (χ0n) is 16.4. The fourth-order valence-corrected chi connectivity index (χ4v) is 4.17. The number of imide groups is 1. The molecule has 150 valence electrons. The number of carbonyl (C=O) groups is 3. The van der Waals surface area contributed by atoms with Crippen LogP contribution in [-0.4, -0.2) is 23.5 Å². The average Bonchev–Trinajstić information content (AvgIpc) is 3.03. The van der Waals surface area contributed by atoms with Crippen LogP contribution in [0.15, 0.2) is 83.8 Å². The standard InChI is InChI=1S/C24H20N2O3S/c1-16(15-30-19-10-3-2-4-11-19)22(27)25-17-8-7-9-18(14-17)26-23(28)20-12-5-6-13-21(20)24(26)29/h2-14,16H,15H2,1H3,(H,25,27). The Morgan fingerprint density at radius 2 is 1.53 bits per heavy atom. The number of thioether (sulfide) groups is 1. The van der Waals surface area contributed by atoms with Gasteiger partial charge in [-0.3, -0.25) is 14.4 Å². The lowest BCUT2D eigenvalue weighted by Gasteiger charge is -2.16. The lowest BCUT2D eigenvalue weighted by Crippen LogP contribution is -2.29. The molecule has 4 rings (SSSR count). The van der Waals surface area contributed by atoms with E-state index in [1.807, 2.05) is 37.3 Å². The van der Waals surface area contributed by atoms with Crippen LogP contribution >= 0.6 is 11.8 Å². The molecule has 5 nitrogen and oxygen atoms in total. The van der Waals surface area contributed by atoms with Crippen molar-refractivity contribution < 1.29 is 14.4 Å². The van der Waals surface area contributed by atoms with Gasteiger partial charge in [-0.1, -0.05) is 43.3 Å². The van der Waals surface area contributed by atoms with Gasteiger partial charge in [0.2, 0.25) is 5.91 Å². The smallest absolute Gasteiger partial charge is 0.266 e. The zero-order valence-corrected chi connectivity index (χ0v) is 17.2. The number of hydrogen-bond acceptors (Lipinski definition) is 4. The molecule has 6 heteroatoms. The quantitative estimate of drug-likeness (QED) is 0.461. The number of nitrogens with one attached hydrogen (secondary N) is 1. The summed E-state index contributed by atoms with van der Waals surface area (Å²) in [5, 5.41) is 2.89. The van der Waals surface area contributed by atoms with Gasteiger partial charge in [-0.25, -0.2) is 4.90 Å². The minimum atomic E-state index is -0.355. The largest absolute Gasteiger partial charge is 0.326 e. The van der Waals surface area contributed by atoms with Crippen LogP contribution in [0, 0.1) is 5.92 Å². The van der Waals surface area contributed by atoms with Crippen molar-refractivity contribution in [2.75, 3.05) is 16.0 Å². The molecular formula is C24H20N2O3S. The molecule has 0 spiro atoms. The summed E-state index contributed by atoms with van der Waals surface area (Å²) in [5.41, 5.74) is 1.77. The molecule has 1 unspecified atom stereocenters. The first-order chi connectivity index (χ1) is 14.5. The van der Waals surface area contributed by atoms with E-state index in [-0.39, 0.29) is 23.6 Å². The number of anilines is 2. The third-order valence-corrected chi connectivity index (χ3v) is 6.13. The van der Waals surface area contributed by atoms with Crippen molar-refractivity contribution in [3.8, 4) is 0 Å². The Morgan fingerprint density at radius 1 is 0.900 bits per heavy atom. The highest BCUT2D eigenvalue weighted by molar-refractivity contribution is 7.99. The fourth-order valence-electron chi connectivity index (χ4n) is 3.23. The van der Waals surface area contributed by atoms with Crippen LogP contribution in [0.3, 0.4) is 0 Å². The molecule has 3 amide bonds. The lowest BCUT2D eigenvalue weighted by molar-refractivity contribution is -0.118. The first kappa shape index (κ1) is 19.9. The van der Waals surface area contributed by atoms with Crippen LogP contribution in [-0.2, 0) is 4.79 Å². The molecule has 0 aromatic heterocycles. The lowest BCUT2D eigenvalue weighted by atomic mass is 10.1. The number of carbonyl (C=O) groups excluding carboxylic acids is 3. The summed E-state index contributed by atoms with van der Waals surface area (Å²) in [6.07, 6.45) is 0. The molecule has 0 aliphatic carbocycles. The van der Waals surface area contributed by atoms with Gasteiger partial charge in [-0.05, 0) is 42.5 Å².